The zero-order valence-electron chi connectivity index (χ0n) is 23.1. The summed E-state index contributed by atoms with van der Waals surface area (Å²) in [4.78, 5) is 61.5. The number of nitrogen functional groups attached to an aromatic ring is 1. The summed E-state index contributed by atoms with van der Waals surface area (Å²) in [5.41, 5.74) is 6.09. The Labute approximate surface area is 261 Å². The monoisotopic (exact) mass is 692 g/mol. The number of oxime groups is 1. The molecule has 226 valence electrons. The van der Waals surface area contributed by atoms with Gasteiger partial charge in [0.2, 0.25) is 6.61 Å². The summed E-state index contributed by atoms with van der Waals surface area (Å²) >= 11 is 5.68. The van der Waals surface area contributed by atoms with Gasteiger partial charge in [-0.25, -0.2) is 23.5 Å². The van der Waals surface area contributed by atoms with E-state index in [0.717, 1.165) is 17.0 Å². The molecule has 0 unspecified atom stereocenters. The van der Waals surface area contributed by atoms with Gasteiger partial charge in [-0.2, -0.15) is 0 Å². The number of hydrogen-bond acceptors (Lipinski definition) is 11. The highest BCUT2D eigenvalue weighted by molar-refractivity contribution is 9.11. The van der Waals surface area contributed by atoms with Crippen LogP contribution in [0, 0.1) is 0 Å². The lowest BCUT2D eigenvalue weighted by molar-refractivity contribution is -0.662. The number of ether oxygens (including phenoxy) is 1. The average molecular weight is 694 g/mol. The number of thiazole rings is 1. The van der Waals surface area contributed by atoms with Gasteiger partial charge in [0.25, 0.3) is 17.5 Å². The van der Waals surface area contributed by atoms with E-state index in [2.05, 4.69) is 31.4 Å². The van der Waals surface area contributed by atoms with E-state index in [1.54, 1.807) is 20.8 Å². The van der Waals surface area contributed by atoms with Crippen LogP contribution in [0.4, 0.5) is 5.13 Å². The molecule has 2 aliphatic rings. The summed E-state index contributed by atoms with van der Waals surface area (Å²) in [7, 11) is 0. The normalized spacial score (nSPS) is 18.7. The molecule has 3 aromatic heterocycles. The van der Waals surface area contributed by atoms with E-state index in [0.29, 0.717) is 15.1 Å². The number of thioether (sulfide) groups is 1. The first-order valence-electron chi connectivity index (χ1n) is 12.8. The van der Waals surface area contributed by atoms with Crippen molar-refractivity contribution < 1.29 is 38.4 Å². The predicted octanol–water partition coefficient (Wildman–Crippen LogP) is 1.53. The van der Waals surface area contributed by atoms with Gasteiger partial charge in [0.05, 0.1) is 6.20 Å². The highest BCUT2D eigenvalue weighted by Crippen LogP contribution is 2.40. The molecule has 5 rings (SSSR count). The smallest absolute Gasteiger partial charge is 0.352 e. The first kappa shape index (κ1) is 30.5. The predicted molar refractivity (Wildman–Crippen MR) is 160 cm³/mol. The third kappa shape index (κ3) is 6.37. The second-order valence-corrected chi connectivity index (χ2v) is 13.9. The van der Waals surface area contributed by atoms with Crippen LogP contribution in [-0.4, -0.2) is 78.2 Å². The van der Waals surface area contributed by atoms with Crippen molar-refractivity contribution in [3.05, 3.63) is 57.5 Å². The maximum absolute atomic E-state index is 13.4. The molecule has 4 N–H and O–H groups in total. The number of nitrogens with one attached hydrogen (secondary N) is 1. The van der Waals surface area contributed by atoms with Crippen LogP contribution < -0.4 is 15.6 Å². The average Bonchev–Trinajstić information content (AvgIpc) is 3.49. The van der Waals surface area contributed by atoms with Gasteiger partial charge in [-0.15, -0.1) is 11.8 Å². The Bertz CT molecular complexity index is 1690. The number of hydrogen-bond donors (Lipinski definition) is 3. The largest absolute Gasteiger partial charge is 0.477 e. The molecule has 0 radical (unpaired) electrons. The number of fused-ring (bicyclic) bond motifs is 2. The number of esters is 1. The lowest BCUT2D eigenvalue weighted by Gasteiger charge is -2.49. The van der Waals surface area contributed by atoms with Gasteiger partial charge in [-0.1, -0.05) is 22.6 Å². The van der Waals surface area contributed by atoms with Crippen molar-refractivity contribution in [3.63, 3.8) is 0 Å². The molecule has 1 saturated heterocycles. The Balaban J connectivity index is 1.34. The third-order valence-corrected chi connectivity index (χ3v) is 9.14. The topological polar surface area (TPSA) is 182 Å². The third-order valence-electron chi connectivity index (χ3n) is 6.27. The van der Waals surface area contributed by atoms with Gasteiger partial charge in [-0.05, 0) is 42.8 Å². The Kier molecular flexibility index (Phi) is 8.49. The van der Waals surface area contributed by atoms with Crippen LogP contribution >= 0.6 is 39.0 Å². The van der Waals surface area contributed by atoms with Crippen LogP contribution in [0.1, 0.15) is 26.5 Å². The molecular formula is C26H27BrN7O7S2+. The van der Waals surface area contributed by atoms with Gasteiger partial charge < -0.3 is 25.7 Å². The highest BCUT2D eigenvalue weighted by atomic mass is 79.9. The number of aliphatic carboxylic acids is 1. The van der Waals surface area contributed by atoms with Crippen molar-refractivity contribution in [2.75, 3.05) is 18.1 Å². The quantitative estimate of drug-likeness (QED) is 0.0978. The fourth-order valence-corrected chi connectivity index (χ4v) is 7.24. The second kappa shape index (κ2) is 12.0. The van der Waals surface area contributed by atoms with Crippen molar-refractivity contribution in [2.24, 2.45) is 5.16 Å². The molecule has 0 aromatic carbocycles. The molecule has 43 heavy (non-hydrogen) atoms. The van der Waals surface area contributed by atoms with Crippen LogP contribution in [0.5, 0.6) is 0 Å². The number of nitrogens with two attached hydrogens (primary N) is 1. The number of amides is 2. The number of β-lactam (4-membered cyclic amide) rings is 1. The molecule has 2 atom stereocenters. The molecule has 0 bridgehead atoms. The van der Waals surface area contributed by atoms with E-state index in [1.165, 1.54) is 16.7 Å². The Hall–Kier alpha value is -3.96. The first-order valence-corrected chi connectivity index (χ1v) is 15.5. The van der Waals surface area contributed by atoms with Crippen LogP contribution in [-0.2, 0) is 35.3 Å². The first-order chi connectivity index (χ1) is 20.3. The van der Waals surface area contributed by atoms with E-state index in [9.17, 15) is 24.3 Å². The molecule has 17 heteroatoms. The van der Waals surface area contributed by atoms with Gasteiger partial charge in [-0.3, -0.25) is 14.5 Å². The van der Waals surface area contributed by atoms with Crippen molar-refractivity contribution in [3.8, 4) is 0 Å². The van der Waals surface area contributed by atoms with Crippen LogP contribution in [0.25, 0.3) is 5.65 Å². The minimum absolute atomic E-state index is 0.0503. The lowest BCUT2D eigenvalue weighted by atomic mass is 10.0. The minimum Gasteiger partial charge on any atom is -0.477 e. The molecule has 0 saturated carbocycles. The summed E-state index contributed by atoms with van der Waals surface area (Å²) in [6.07, 6.45) is 5.59. The number of carbonyl (C=O) groups excluding carboxylic acids is 3. The Morgan fingerprint density at radius 3 is 2.74 bits per heavy atom. The maximum atomic E-state index is 13.4. The number of nitrogens with zero attached hydrogens (tertiary/aromatic N) is 5. The molecule has 0 aliphatic carbocycles. The van der Waals surface area contributed by atoms with Crippen molar-refractivity contribution in [1.82, 2.24) is 19.6 Å². The molecule has 3 aromatic rings. The van der Waals surface area contributed by atoms with Gasteiger partial charge >= 0.3 is 11.9 Å². The second-order valence-electron chi connectivity index (χ2n) is 10.5. The standard InChI is InChI=1S/C26H26BrN7O7S2/c1-26(2,3)41-15(35)11-40-31-17(16-20(27)43-25(28)30-16)21(36)29-18-22(37)34-19(24(38)39)13(12-42-23(18)34)10-33-9-8-32-7-5-4-6-14(32)33/h4-9,18,23H,10-12H2,1-3H3,(H3-,28,29,30,36,38,39)/p+1/b31-17-/t18-,23+/m1/s1. The number of halogens is 1. The minimum atomic E-state index is -1.23. The van der Waals surface area contributed by atoms with Gasteiger partial charge in [0.1, 0.15) is 51.1 Å². The van der Waals surface area contributed by atoms with E-state index in [4.69, 9.17) is 15.3 Å². The van der Waals surface area contributed by atoms with Gasteiger partial charge in [0.15, 0.2) is 10.8 Å². The number of carboxylic acids is 1. The Morgan fingerprint density at radius 2 is 2.07 bits per heavy atom. The Morgan fingerprint density at radius 1 is 1.30 bits per heavy atom. The lowest BCUT2D eigenvalue weighted by Crippen LogP contribution is -2.71. The van der Waals surface area contributed by atoms with E-state index in [1.807, 2.05) is 45.8 Å². The zero-order chi connectivity index (χ0) is 31.1. The summed E-state index contributed by atoms with van der Waals surface area (Å²) in [5, 5.41) is 16.0. The van der Waals surface area contributed by atoms with Crippen LogP contribution in [0.15, 0.2) is 57.0 Å². The van der Waals surface area contributed by atoms with Crippen LogP contribution in [0.2, 0.25) is 0 Å². The van der Waals surface area contributed by atoms with Crippen LogP contribution in [0.3, 0.4) is 0 Å². The molecule has 0 spiro atoms. The summed E-state index contributed by atoms with van der Waals surface area (Å²) in [5.74, 6) is -3.02. The molecule has 1 fully saturated rings. The zero-order valence-corrected chi connectivity index (χ0v) is 26.4. The summed E-state index contributed by atoms with van der Waals surface area (Å²) in [6.45, 7) is 4.78. The number of aromatic nitrogens is 3. The summed E-state index contributed by atoms with van der Waals surface area (Å²) < 4.78 is 9.38. The number of imidazole rings is 1. The van der Waals surface area contributed by atoms with Crippen molar-refractivity contribution >= 4 is 79.3 Å². The molecular weight excluding hydrogens is 666 g/mol. The van der Waals surface area contributed by atoms with E-state index in [-0.39, 0.29) is 28.8 Å². The highest BCUT2D eigenvalue weighted by Gasteiger charge is 2.54. The molecule has 2 amide bonds. The fraction of sp³-hybridized carbons (Fsp3) is 0.346. The van der Waals surface area contributed by atoms with E-state index >= 15 is 0 Å². The molecule has 2 aliphatic heterocycles. The van der Waals surface area contributed by atoms with Gasteiger partial charge in [0, 0.05) is 17.4 Å². The number of carbonyl (C=O) groups is 4. The number of rotatable bonds is 9. The maximum Gasteiger partial charge on any atom is 0.352 e. The SMILES string of the molecule is CC(C)(C)OC(=O)CO/N=C(\C(=O)N[C@@H]1C(=O)N2C(C(=O)O)=C(C[n+]3ccn4ccccc43)CS[C@@H]12)c1nc(N)sc1Br. The fourth-order valence-electron chi connectivity index (χ4n) is 4.57. The number of pyridine rings is 1. The number of anilines is 1. The molecule has 5 heterocycles. The van der Waals surface area contributed by atoms with Crippen molar-refractivity contribution in [2.45, 2.75) is 44.3 Å². The van der Waals surface area contributed by atoms with Crippen molar-refractivity contribution in [1.29, 1.82) is 0 Å². The van der Waals surface area contributed by atoms with E-state index < -0.39 is 47.4 Å². The molecule has 14 nitrogen and oxygen atoms in total. The summed E-state index contributed by atoms with van der Waals surface area (Å²) in [6, 6.07) is 4.64. The number of carboxylic acid groups (broad SMARTS) is 1.